The van der Waals surface area contributed by atoms with Crippen molar-refractivity contribution in [1.82, 2.24) is 14.5 Å². The normalized spacial score (nSPS) is 14.7. The Morgan fingerprint density at radius 1 is 1.28 bits per heavy atom. The average molecular weight is 358 g/mol. The number of hydrogen-bond acceptors (Lipinski definition) is 5. The first-order valence-corrected chi connectivity index (χ1v) is 8.23. The largest absolute Gasteiger partial charge is 0.480 e. The van der Waals surface area contributed by atoms with Gasteiger partial charge in [0.1, 0.15) is 24.3 Å². The molecule has 0 radical (unpaired) electrons. The van der Waals surface area contributed by atoms with Crippen LogP contribution in [0.3, 0.4) is 0 Å². The summed E-state index contributed by atoms with van der Waals surface area (Å²) in [6.07, 6.45) is 3.23. The molecule has 7 nitrogen and oxygen atoms in total. The van der Waals surface area contributed by atoms with Crippen molar-refractivity contribution in [2.75, 3.05) is 18.0 Å². The molecule has 2 aromatic heterocycles. The molecule has 1 aliphatic rings. The van der Waals surface area contributed by atoms with Gasteiger partial charge in [0, 0.05) is 41.5 Å². The zero-order chi connectivity index (χ0) is 17.6. The monoisotopic (exact) mass is 357 g/mol. The van der Waals surface area contributed by atoms with Crippen LogP contribution < -0.4 is 10.6 Å². The molecule has 0 spiro atoms. The van der Waals surface area contributed by atoms with Gasteiger partial charge in [-0.15, -0.1) is 0 Å². The number of carbonyl (C=O) groups is 1. The van der Waals surface area contributed by atoms with Crippen LogP contribution in [0.4, 0.5) is 5.82 Å². The highest BCUT2D eigenvalue weighted by molar-refractivity contribution is 6.33. The first kappa shape index (κ1) is 15.9. The zero-order valence-corrected chi connectivity index (χ0v) is 14.0. The number of benzene rings is 1. The van der Waals surface area contributed by atoms with Gasteiger partial charge >= 0.3 is 5.97 Å². The molecular formula is C17H16ClN5O2. The fourth-order valence-electron chi connectivity index (χ4n) is 3.18. The van der Waals surface area contributed by atoms with Crippen molar-refractivity contribution in [3.63, 3.8) is 0 Å². The van der Waals surface area contributed by atoms with Crippen molar-refractivity contribution in [1.29, 1.82) is 0 Å². The quantitative estimate of drug-likeness (QED) is 0.741. The summed E-state index contributed by atoms with van der Waals surface area (Å²) < 4.78 is 1.61. The third kappa shape index (κ3) is 2.71. The predicted molar refractivity (Wildman–Crippen MR) is 95.8 cm³/mol. The molecule has 3 aromatic rings. The van der Waals surface area contributed by atoms with Crippen molar-refractivity contribution in [3.05, 3.63) is 41.8 Å². The van der Waals surface area contributed by atoms with Crippen LogP contribution in [0.5, 0.6) is 0 Å². The summed E-state index contributed by atoms with van der Waals surface area (Å²) in [6.45, 7) is 1.23. The van der Waals surface area contributed by atoms with Gasteiger partial charge in [0.15, 0.2) is 0 Å². The Kier molecular flexibility index (Phi) is 3.82. The fourth-order valence-corrected chi connectivity index (χ4v) is 3.42. The minimum absolute atomic E-state index is 0.120. The fraction of sp³-hybridized carbons (Fsp3) is 0.235. The summed E-state index contributed by atoms with van der Waals surface area (Å²) in [5.41, 5.74) is 8.11. The van der Waals surface area contributed by atoms with Gasteiger partial charge in [0.05, 0.1) is 5.39 Å². The van der Waals surface area contributed by atoms with Crippen LogP contribution in [0.25, 0.3) is 22.2 Å². The molecule has 128 valence electrons. The van der Waals surface area contributed by atoms with E-state index in [1.54, 1.807) is 16.8 Å². The summed E-state index contributed by atoms with van der Waals surface area (Å²) in [5.74, 6) is -0.181. The molecule has 0 atom stereocenters. The summed E-state index contributed by atoms with van der Waals surface area (Å²) in [7, 11) is 0. The highest BCUT2D eigenvalue weighted by Crippen LogP contribution is 2.39. The van der Waals surface area contributed by atoms with E-state index in [4.69, 9.17) is 17.3 Å². The number of rotatable bonds is 4. The Hall–Kier alpha value is -2.64. The minimum Gasteiger partial charge on any atom is -0.480 e. The number of hydrogen-bond donors (Lipinski definition) is 2. The highest BCUT2D eigenvalue weighted by atomic mass is 35.5. The van der Waals surface area contributed by atoms with Gasteiger partial charge in [0.2, 0.25) is 0 Å². The molecule has 1 aromatic carbocycles. The molecule has 1 saturated heterocycles. The molecule has 1 aliphatic heterocycles. The van der Waals surface area contributed by atoms with Crippen molar-refractivity contribution in [3.8, 4) is 11.1 Å². The lowest BCUT2D eigenvalue weighted by atomic mass is 10.0. The van der Waals surface area contributed by atoms with Gasteiger partial charge < -0.3 is 20.3 Å². The summed E-state index contributed by atoms with van der Waals surface area (Å²) in [5, 5.41) is 10.6. The van der Waals surface area contributed by atoms with Crippen LogP contribution >= 0.6 is 11.6 Å². The van der Waals surface area contributed by atoms with E-state index in [1.807, 2.05) is 18.2 Å². The average Bonchev–Trinajstić information content (AvgIpc) is 2.90. The maximum Gasteiger partial charge on any atom is 0.323 e. The lowest BCUT2D eigenvalue weighted by Crippen LogP contribution is -2.56. The van der Waals surface area contributed by atoms with E-state index in [0.29, 0.717) is 23.8 Å². The molecule has 8 heteroatoms. The van der Waals surface area contributed by atoms with Crippen LogP contribution in [0.15, 0.2) is 36.8 Å². The van der Waals surface area contributed by atoms with Crippen LogP contribution in [0, 0.1) is 0 Å². The Labute approximate surface area is 148 Å². The number of carboxylic acids is 1. The maximum atomic E-state index is 11.2. The van der Waals surface area contributed by atoms with E-state index in [1.165, 1.54) is 6.33 Å². The van der Waals surface area contributed by atoms with Crippen LogP contribution in [-0.4, -0.2) is 44.7 Å². The van der Waals surface area contributed by atoms with Gasteiger partial charge in [-0.2, -0.15) is 0 Å². The SMILES string of the molecule is NC1CN(c2ncnc3c2c(-c2ccccc2Cl)cn3CC(=O)O)C1. The zero-order valence-electron chi connectivity index (χ0n) is 13.3. The molecule has 3 heterocycles. The lowest BCUT2D eigenvalue weighted by Gasteiger charge is -2.38. The second-order valence-electron chi connectivity index (χ2n) is 6.11. The molecule has 4 rings (SSSR count). The second kappa shape index (κ2) is 6.02. The molecule has 0 saturated carbocycles. The second-order valence-corrected chi connectivity index (χ2v) is 6.51. The number of aliphatic carboxylic acids is 1. The van der Waals surface area contributed by atoms with Crippen molar-refractivity contribution in [2.45, 2.75) is 12.6 Å². The number of anilines is 1. The first-order chi connectivity index (χ1) is 12.0. The summed E-state index contributed by atoms with van der Waals surface area (Å²) in [4.78, 5) is 22.1. The molecular weight excluding hydrogens is 342 g/mol. The summed E-state index contributed by atoms with van der Waals surface area (Å²) >= 11 is 6.38. The molecule has 25 heavy (non-hydrogen) atoms. The number of halogens is 1. The summed E-state index contributed by atoms with van der Waals surface area (Å²) in [6, 6.07) is 7.58. The van der Waals surface area contributed by atoms with Crippen LogP contribution in [0.1, 0.15) is 0 Å². The predicted octanol–water partition coefficient (Wildman–Crippen LogP) is 1.98. The van der Waals surface area contributed by atoms with E-state index in [2.05, 4.69) is 14.9 Å². The third-order valence-corrected chi connectivity index (χ3v) is 4.64. The maximum absolute atomic E-state index is 11.2. The van der Waals surface area contributed by atoms with Crippen LogP contribution in [-0.2, 0) is 11.3 Å². The van der Waals surface area contributed by atoms with Crippen LogP contribution in [0.2, 0.25) is 5.02 Å². The van der Waals surface area contributed by atoms with Gasteiger partial charge in [-0.05, 0) is 6.07 Å². The molecule has 0 aliphatic carbocycles. The van der Waals surface area contributed by atoms with E-state index >= 15 is 0 Å². The van der Waals surface area contributed by atoms with Crippen molar-refractivity contribution in [2.24, 2.45) is 5.73 Å². The van der Waals surface area contributed by atoms with Gasteiger partial charge in [-0.1, -0.05) is 29.8 Å². The molecule has 0 unspecified atom stereocenters. The number of nitrogens with two attached hydrogens (primary N) is 1. The minimum atomic E-state index is -0.936. The van der Waals surface area contributed by atoms with E-state index in [-0.39, 0.29) is 12.6 Å². The van der Waals surface area contributed by atoms with E-state index in [0.717, 1.165) is 22.3 Å². The van der Waals surface area contributed by atoms with E-state index < -0.39 is 5.97 Å². The Balaban J connectivity index is 1.97. The highest BCUT2D eigenvalue weighted by Gasteiger charge is 2.28. The van der Waals surface area contributed by atoms with Gasteiger partial charge in [0.25, 0.3) is 0 Å². The Bertz CT molecular complexity index is 965. The number of fused-ring (bicyclic) bond motifs is 1. The topological polar surface area (TPSA) is 97.3 Å². The number of carboxylic acid groups (broad SMARTS) is 1. The molecule has 3 N–H and O–H groups in total. The molecule has 1 fully saturated rings. The lowest BCUT2D eigenvalue weighted by molar-refractivity contribution is -0.137. The van der Waals surface area contributed by atoms with Gasteiger partial charge in [-0.25, -0.2) is 9.97 Å². The standard InChI is InChI=1S/C17H16ClN5O2/c18-13-4-2-1-3-11(13)12-7-23(8-14(24)25)17-15(12)16(20-9-21-17)22-5-10(19)6-22/h1-4,7,9-10H,5-6,8,19H2,(H,24,25). The third-order valence-electron chi connectivity index (χ3n) is 4.31. The van der Waals surface area contributed by atoms with Crippen molar-refractivity contribution >= 4 is 34.4 Å². The van der Waals surface area contributed by atoms with Gasteiger partial charge in [-0.3, -0.25) is 4.79 Å². The smallest absolute Gasteiger partial charge is 0.323 e. The Morgan fingerprint density at radius 2 is 2.04 bits per heavy atom. The first-order valence-electron chi connectivity index (χ1n) is 7.85. The number of aromatic nitrogens is 3. The number of nitrogens with zero attached hydrogens (tertiary/aromatic N) is 4. The Morgan fingerprint density at radius 3 is 2.72 bits per heavy atom. The molecule has 0 bridgehead atoms. The van der Waals surface area contributed by atoms with E-state index in [9.17, 15) is 9.90 Å². The molecule has 0 amide bonds. The van der Waals surface area contributed by atoms with Crippen molar-refractivity contribution < 1.29 is 9.90 Å².